The Hall–Kier alpha value is -1.44. The van der Waals surface area contributed by atoms with Crippen molar-refractivity contribution in [1.82, 2.24) is 0 Å². The number of phenols is 1. The molecule has 2 heteroatoms. The monoisotopic (exact) mass is 368 g/mol. The Kier molecular flexibility index (Phi) is 4.60. The molecule has 148 valence electrons. The summed E-state index contributed by atoms with van der Waals surface area (Å²) < 4.78 is 6.54. The molecule has 1 saturated carbocycles. The third-order valence-electron chi connectivity index (χ3n) is 7.87. The van der Waals surface area contributed by atoms with E-state index in [1.807, 2.05) is 0 Å². The summed E-state index contributed by atoms with van der Waals surface area (Å²) in [6, 6.07) is 4.31. The summed E-state index contributed by atoms with van der Waals surface area (Å²) in [5, 5.41) is 11.1. The minimum Gasteiger partial charge on any atom is -0.508 e. The zero-order valence-electron chi connectivity index (χ0n) is 17.8. The van der Waals surface area contributed by atoms with Gasteiger partial charge in [-0.25, -0.2) is 0 Å². The number of benzene rings is 1. The number of fused-ring (bicyclic) bond motifs is 3. The summed E-state index contributed by atoms with van der Waals surface area (Å²) in [6.45, 7) is 11.4. The Morgan fingerprint density at radius 3 is 2.52 bits per heavy atom. The second-order valence-electron chi connectivity index (χ2n) is 10.4. The SMILES string of the molecule is CC1=CCC2C(C1)c1c(O)cc(C(C)(C)C3CCCCC3)cc1OC2(C)C. The van der Waals surface area contributed by atoms with E-state index in [1.165, 1.54) is 43.2 Å². The maximum absolute atomic E-state index is 11.1. The van der Waals surface area contributed by atoms with Gasteiger partial charge in [-0.3, -0.25) is 0 Å². The van der Waals surface area contributed by atoms with Crippen molar-refractivity contribution in [3.05, 3.63) is 34.9 Å². The minimum absolute atomic E-state index is 0.0691. The maximum Gasteiger partial charge on any atom is 0.127 e. The minimum atomic E-state index is -0.199. The zero-order valence-corrected chi connectivity index (χ0v) is 17.8. The highest BCUT2D eigenvalue weighted by atomic mass is 16.5. The number of hydrogen-bond donors (Lipinski definition) is 1. The van der Waals surface area contributed by atoms with Crippen LogP contribution in [0.25, 0.3) is 0 Å². The Labute approximate surface area is 165 Å². The molecule has 0 bridgehead atoms. The second kappa shape index (κ2) is 6.57. The van der Waals surface area contributed by atoms with Crippen LogP contribution in [0.3, 0.4) is 0 Å². The van der Waals surface area contributed by atoms with Crippen LogP contribution in [-0.4, -0.2) is 10.7 Å². The average Bonchev–Trinajstić information content (AvgIpc) is 2.61. The Morgan fingerprint density at radius 2 is 1.81 bits per heavy atom. The summed E-state index contributed by atoms with van der Waals surface area (Å²) in [5.74, 6) is 2.85. The normalized spacial score (nSPS) is 28.0. The van der Waals surface area contributed by atoms with Crippen LogP contribution in [-0.2, 0) is 5.41 Å². The molecule has 1 heterocycles. The van der Waals surface area contributed by atoms with Crippen LogP contribution in [0.4, 0.5) is 0 Å². The van der Waals surface area contributed by atoms with Crippen molar-refractivity contribution in [2.24, 2.45) is 11.8 Å². The van der Waals surface area contributed by atoms with E-state index in [1.54, 1.807) is 0 Å². The smallest absolute Gasteiger partial charge is 0.127 e. The van der Waals surface area contributed by atoms with E-state index in [0.717, 1.165) is 24.2 Å². The molecule has 3 aliphatic rings. The molecule has 1 fully saturated rings. The molecule has 0 saturated heterocycles. The highest BCUT2D eigenvalue weighted by molar-refractivity contribution is 5.54. The van der Waals surface area contributed by atoms with Crippen molar-refractivity contribution in [3.8, 4) is 11.5 Å². The van der Waals surface area contributed by atoms with Crippen molar-refractivity contribution in [2.75, 3.05) is 0 Å². The summed E-state index contributed by atoms with van der Waals surface area (Å²) in [4.78, 5) is 0. The lowest BCUT2D eigenvalue weighted by atomic mass is 9.65. The first-order valence-corrected chi connectivity index (χ1v) is 10.9. The highest BCUT2D eigenvalue weighted by Crippen LogP contribution is 2.55. The lowest BCUT2D eigenvalue weighted by molar-refractivity contribution is 0.00734. The predicted molar refractivity (Wildman–Crippen MR) is 112 cm³/mol. The third-order valence-corrected chi connectivity index (χ3v) is 7.87. The van der Waals surface area contributed by atoms with E-state index >= 15 is 0 Å². The van der Waals surface area contributed by atoms with E-state index in [9.17, 15) is 5.11 Å². The Bertz CT molecular complexity index is 750. The fourth-order valence-corrected chi connectivity index (χ4v) is 6.00. The van der Waals surface area contributed by atoms with E-state index in [2.05, 4.69) is 52.8 Å². The number of hydrogen-bond acceptors (Lipinski definition) is 2. The molecule has 0 aromatic heterocycles. The first kappa shape index (κ1) is 18.9. The van der Waals surface area contributed by atoms with Gasteiger partial charge in [0.15, 0.2) is 0 Å². The van der Waals surface area contributed by atoms with Gasteiger partial charge in [-0.1, -0.05) is 44.8 Å². The van der Waals surface area contributed by atoms with Gasteiger partial charge in [0, 0.05) is 17.4 Å². The number of allylic oxidation sites excluding steroid dienone is 2. The first-order valence-electron chi connectivity index (χ1n) is 10.9. The molecule has 2 aliphatic carbocycles. The van der Waals surface area contributed by atoms with Crippen molar-refractivity contribution in [1.29, 1.82) is 0 Å². The summed E-state index contributed by atoms with van der Waals surface area (Å²) in [7, 11) is 0. The van der Waals surface area contributed by atoms with Crippen LogP contribution in [0, 0.1) is 11.8 Å². The molecule has 0 amide bonds. The molecular formula is C25H36O2. The second-order valence-corrected chi connectivity index (χ2v) is 10.4. The zero-order chi connectivity index (χ0) is 19.4. The predicted octanol–water partition coefficient (Wildman–Crippen LogP) is 6.86. The average molecular weight is 369 g/mol. The summed E-state index contributed by atoms with van der Waals surface area (Å²) >= 11 is 0. The summed E-state index contributed by atoms with van der Waals surface area (Å²) in [5.41, 5.74) is 3.60. The number of rotatable bonds is 2. The van der Waals surface area contributed by atoms with Crippen LogP contribution in [0.2, 0.25) is 0 Å². The Morgan fingerprint density at radius 1 is 1.11 bits per heavy atom. The molecule has 2 atom stereocenters. The molecule has 4 rings (SSSR count). The molecule has 0 spiro atoms. The largest absolute Gasteiger partial charge is 0.508 e. The lowest BCUT2D eigenvalue weighted by Crippen LogP contribution is -2.45. The van der Waals surface area contributed by atoms with Crippen molar-refractivity contribution in [3.63, 3.8) is 0 Å². The van der Waals surface area contributed by atoms with E-state index < -0.39 is 0 Å². The highest BCUT2D eigenvalue weighted by Gasteiger charge is 2.46. The van der Waals surface area contributed by atoms with Gasteiger partial charge in [0.2, 0.25) is 0 Å². The van der Waals surface area contributed by atoms with Crippen molar-refractivity contribution >= 4 is 0 Å². The van der Waals surface area contributed by atoms with E-state index in [0.29, 0.717) is 23.5 Å². The lowest BCUT2D eigenvalue weighted by Gasteiger charge is -2.47. The van der Waals surface area contributed by atoms with Gasteiger partial charge in [-0.15, -0.1) is 0 Å². The molecule has 1 aromatic rings. The van der Waals surface area contributed by atoms with Crippen molar-refractivity contribution in [2.45, 2.75) is 96.5 Å². The molecule has 2 nitrogen and oxygen atoms in total. The van der Waals surface area contributed by atoms with Crippen LogP contribution >= 0.6 is 0 Å². The number of phenolic OH excluding ortho intramolecular Hbond substituents is 1. The molecule has 0 radical (unpaired) electrons. The van der Waals surface area contributed by atoms with Gasteiger partial charge in [0.1, 0.15) is 17.1 Å². The molecule has 2 unspecified atom stereocenters. The standard InChI is InChI=1S/C25H36O2/c1-16-11-12-20-19(13-16)23-21(26)14-18(15-22(23)27-25(20,4)5)24(2,3)17-9-7-6-8-10-17/h11,14-15,17,19-20,26H,6-10,12-13H2,1-5H3. The number of aromatic hydroxyl groups is 1. The van der Waals surface area contributed by atoms with E-state index in [-0.39, 0.29) is 11.0 Å². The quantitative estimate of drug-likeness (QED) is 0.578. The van der Waals surface area contributed by atoms with Crippen molar-refractivity contribution < 1.29 is 9.84 Å². The Balaban J connectivity index is 1.76. The van der Waals surface area contributed by atoms with Gasteiger partial charge < -0.3 is 9.84 Å². The van der Waals surface area contributed by atoms with E-state index in [4.69, 9.17) is 4.74 Å². The molecule has 27 heavy (non-hydrogen) atoms. The maximum atomic E-state index is 11.1. The fraction of sp³-hybridized carbons (Fsp3) is 0.680. The fourth-order valence-electron chi connectivity index (χ4n) is 6.00. The number of ether oxygens (including phenoxy) is 1. The first-order chi connectivity index (χ1) is 12.7. The third kappa shape index (κ3) is 3.19. The molecule has 1 aromatic carbocycles. The molecular weight excluding hydrogens is 332 g/mol. The van der Waals surface area contributed by atoms with Crippen LogP contribution in [0.1, 0.15) is 96.6 Å². The van der Waals surface area contributed by atoms with Gasteiger partial charge in [0.05, 0.1) is 0 Å². The van der Waals surface area contributed by atoms with Gasteiger partial charge in [-0.05, 0) is 75.5 Å². The van der Waals surface area contributed by atoms with Gasteiger partial charge in [-0.2, -0.15) is 0 Å². The van der Waals surface area contributed by atoms with Gasteiger partial charge in [0.25, 0.3) is 0 Å². The van der Waals surface area contributed by atoms with Crippen LogP contribution in [0.15, 0.2) is 23.8 Å². The topological polar surface area (TPSA) is 29.5 Å². The molecule has 1 N–H and O–H groups in total. The van der Waals surface area contributed by atoms with Gasteiger partial charge >= 0.3 is 0 Å². The van der Waals surface area contributed by atoms with Crippen LogP contribution in [0.5, 0.6) is 11.5 Å². The van der Waals surface area contributed by atoms with Crippen LogP contribution < -0.4 is 4.74 Å². The summed E-state index contributed by atoms with van der Waals surface area (Å²) in [6.07, 6.45) is 11.1. The molecule has 1 aliphatic heterocycles.